The van der Waals surface area contributed by atoms with Gasteiger partial charge in [0.2, 0.25) is 5.91 Å². The third-order valence-electron chi connectivity index (χ3n) is 5.91. The molecule has 35 heavy (non-hydrogen) atoms. The number of primary amides is 1. The topological polar surface area (TPSA) is 125 Å². The molecule has 1 fully saturated rings. The largest absolute Gasteiger partial charge is 0.465 e. The molecule has 0 radical (unpaired) electrons. The quantitative estimate of drug-likeness (QED) is 0.304. The predicted octanol–water partition coefficient (Wildman–Crippen LogP) is 2.38. The lowest BCUT2D eigenvalue weighted by Gasteiger charge is -2.30. The number of benzene rings is 2. The van der Waals surface area contributed by atoms with Crippen molar-refractivity contribution in [2.75, 3.05) is 25.4 Å². The number of para-hydroxylation sites is 1. The van der Waals surface area contributed by atoms with E-state index in [1.807, 2.05) is 18.2 Å². The number of fused-ring (bicyclic) bond motifs is 1. The average Bonchev–Trinajstić information content (AvgIpc) is 2.87. The highest BCUT2D eigenvalue weighted by Gasteiger charge is 2.27. The van der Waals surface area contributed by atoms with Crippen LogP contribution in [0.15, 0.2) is 58.5 Å². The first-order valence-corrected chi connectivity index (χ1v) is 12.4. The molecular weight excluding hydrogens is 468 g/mol. The lowest BCUT2D eigenvalue weighted by atomic mass is 9.96. The molecule has 1 saturated heterocycles. The zero-order valence-electron chi connectivity index (χ0n) is 19.3. The van der Waals surface area contributed by atoms with Crippen LogP contribution in [0.4, 0.5) is 0 Å². The summed E-state index contributed by atoms with van der Waals surface area (Å²) in [5.74, 6) is -1.16. The number of nitrogens with two attached hydrogens (primary N) is 1. The van der Waals surface area contributed by atoms with E-state index < -0.39 is 5.97 Å². The van der Waals surface area contributed by atoms with Crippen molar-refractivity contribution in [2.24, 2.45) is 11.7 Å². The van der Waals surface area contributed by atoms with E-state index in [0.717, 1.165) is 11.8 Å². The van der Waals surface area contributed by atoms with Gasteiger partial charge in [0.15, 0.2) is 5.16 Å². The number of hydrogen-bond donors (Lipinski definition) is 1. The summed E-state index contributed by atoms with van der Waals surface area (Å²) in [4.78, 5) is 56.3. The van der Waals surface area contributed by atoms with Crippen LogP contribution in [0, 0.1) is 5.92 Å². The number of nitrogens with zero attached hydrogens (tertiary/aromatic N) is 3. The van der Waals surface area contributed by atoms with Crippen LogP contribution in [0.25, 0.3) is 16.6 Å². The van der Waals surface area contributed by atoms with E-state index in [1.165, 1.54) is 4.57 Å². The minimum Gasteiger partial charge on any atom is -0.465 e. The molecule has 0 aliphatic carbocycles. The number of amides is 2. The van der Waals surface area contributed by atoms with Gasteiger partial charge in [0.25, 0.3) is 11.5 Å². The normalized spacial score (nSPS) is 14.1. The Morgan fingerprint density at radius 3 is 2.49 bits per heavy atom. The summed E-state index contributed by atoms with van der Waals surface area (Å²) in [5, 5.41) is 0.687. The van der Waals surface area contributed by atoms with Crippen molar-refractivity contribution in [3.05, 3.63) is 64.4 Å². The van der Waals surface area contributed by atoms with Crippen molar-refractivity contribution < 1.29 is 19.1 Å². The highest BCUT2D eigenvalue weighted by molar-refractivity contribution is 7.99. The molecule has 182 valence electrons. The van der Waals surface area contributed by atoms with Crippen molar-refractivity contribution in [3.63, 3.8) is 0 Å². The van der Waals surface area contributed by atoms with E-state index in [2.05, 4.69) is 4.98 Å². The van der Waals surface area contributed by atoms with Crippen LogP contribution in [0.3, 0.4) is 0 Å². The van der Waals surface area contributed by atoms with Crippen LogP contribution in [0.5, 0.6) is 0 Å². The van der Waals surface area contributed by atoms with E-state index in [-0.39, 0.29) is 35.7 Å². The Balaban J connectivity index is 1.69. The van der Waals surface area contributed by atoms with Gasteiger partial charge in [0.05, 0.1) is 29.0 Å². The molecule has 9 nitrogen and oxygen atoms in total. The van der Waals surface area contributed by atoms with E-state index in [1.54, 1.807) is 42.2 Å². The lowest BCUT2D eigenvalue weighted by molar-refractivity contribution is -0.139. The molecule has 0 saturated carbocycles. The molecule has 1 aromatic heterocycles. The van der Waals surface area contributed by atoms with Crippen LogP contribution >= 0.6 is 11.8 Å². The zero-order valence-corrected chi connectivity index (χ0v) is 20.1. The van der Waals surface area contributed by atoms with Gasteiger partial charge in [-0.05, 0) is 50.1 Å². The Hall–Kier alpha value is -3.66. The molecule has 2 aromatic carbocycles. The van der Waals surface area contributed by atoms with Gasteiger partial charge in [-0.15, -0.1) is 0 Å². The van der Waals surface area contributed by atoms with Gasteiger partial charge in [-0.3, -0.25) is 23.7 Å². The highest BCUT2D eigenvalue weighted by Crippen LogP contribution is 2.24. The van der Waals surface area contributed by atoms with Gasteiger partial charge < -0.3 is 15.4 Å². The third-order valence-corrected chi connectivity index (χ3v) is 6.82. The zero-order chi connectivity index (χ0) is 24.9. The fourth-order valence-electron chi connectivity index (χ4n) is 4.08. The Labute approximate surface area is 206 Å². The Kier molecular flexibility index (Phi) is 7.50. The number of aromatic nitrogens is 2. The molecule has 1 aliphatic rings. The monoisotopic (exact) mass is 494 g/mol. The van der Waals surface area contributed by atoms with Crippen LogP contribution in [-0.4, -0.2) is 57.7 Å². The SMILES string of the molecule is CCOC(=O)CSc1nc2cc(C(=O)N3CCC(C(N)=O)CC3)ccc2c(=O)n1-c1ccccc1. The van der Waals surface area contributed by atoms with Gasteiger partial charge in [0, 0.05) is 24.6 Å². The van der Waals surface area contributed by atoms with Gasteiger partial charge in [-0.2, -0.15) is 0 Å². The van der Waals surface area contributed by atoms with Gasteiger partial charge in [-0.25, -0.2) is 4.98 Å². The highest BCUT2D eigenvalue weighted by atomic mass is 32.2. The summed E-state index contributed by atoms with van der Waals surface area (Å²) < 4.78 is 6.47. The number of carbonyl (C=O) groups is 3. The second-order valence-corrected chi connectivity index (χ2v) is 9.11. The molecule has 1 aliphatic heterocycles. The Morgan fingerprint density at radius 2 is 1.83 bits per heavy atom. The van der Waals surface area contributed by atoms with Gasteiger partial charge in [-0.1, -0.05) is 30.0 Å². The van der Waals surface area contributed by atoms with Crippen molar-refractivity contribution in [2.45, 2.75) is 24.9 Å². The maximum atomic E-state index is 13.5. The van der Waals surface area contributed by atoms with Crippen LogP contribution in [0.1, 0.15) is 30.1 Å². The maximum absolute atomic E-state index is 13.5. The predicted molar refractivity (Wildman–Crippen MR) is 133 cm³/mol. The summed E-state index contributed by atoms with van der Waals surface area (Å²) >= 11 is 1.10. The smallest absolute Gasteiger partial charge is 0.316 e. The summed E-state index contributed by atoms with van der Waals surface area (Å²) in [5.41, 5.74) is 6.49. The first-order valence-electron chi connectivity index (χ1n) is 11.4. The molecule has 3 aromatic rings. The van der Waals surface area contributed by atoms with E-state index in [9.17, 15) is 19.2 Å². The number of thioether (sulfide) groups is 1. The lowest BCUT2D eigenvalue weighted by Crippen LogP contribution is -2.41. The molecular formula is C25H26N4O5S. The third kappa shape index (κ3) is 5.37. The Bertz CT molecular complexity index is 1320. The van der Waals surface area contributed by atoms with E-state index in [0.29, 0.717) is 53.2 Å². The summed E-state index contributed by atoms with van der Waals surface area (Å²) in [6, 6.07) is 13.9. The molecule has 2 N–H and O–H groups in total. The molecule has 0 atom stereocenters. The average molecular weight is 495 g/mol. The number of piperidine rings is 1. The number of likely N-dealkylation sites (tertiary alicyclic amines) is 1. The van der Waals surface area contributed by atoms with Gasteiger partial charge in [0.1, 0.15) is 0 Å². The second kappa shape index (κ2) is 10.7. The fourth-order valence-corrected chi connectivity index (χ4v) is 4.89. The summed E-state index contributed by atoms with van der Waals surface area (Å²) in [6.07, 6.45) is 1.06. The number of ether oxygens (including phenoxy) is 1. The van der Waals surface area contributed by atoms with E-state index in [4.69, 9.17) is 10.5 Å². The molecule has 2 heterocycles. The van der Waals surface area contributed by atoms with Gasteiger partial charge >= 0.3 is 5.97 Å². The molecule has 0 unspecified atom stereocenters. The van der Waals surface area contributed by atoms with Crippen molar-refractivity contribution >= 4 is 40.4 Å². The van der Waals surface area contributed by atoms with Crippen molar-refractivity contribution in [1.29, 1.82) is 0 Å². The standard InChI is InChI=1S/C25H26N4O5S/c1-2-34-21(30)15-35-25-27-20-14-17(23(32)28-12-10-16(11-13-28)22(26)31)8-9-19(20)24(33)29(25)18-6-4-3-5-7-18/h3-9,14,16H,2,10-13,15H2,1H3,(H2,26,31). The minimum absolute atomic E-state index is 0.00789. The summed E-state index contributed by atoms with van der Waals surface area (Å²) in [6.45, 7) is 2.87. The van der Waals surface area contributed by atoms with Crippen molar-refractivity contribution in [3.8, 4) is 5.69 Å². The first kappa shape index (κ1) is 24.5. The number of esters is 1. The van der Waals surface area contributed by atoms with Crippen LogP contribution < -0.4 is 11.3 Å². The molecule has 2 amide bonds. The number of hydrogen-bond acceptors (Lipinski definition) is 7. The first-order chi connectivity index (χ1) is 16.9. The molecule has 0 spiro atoms. The Morgan fingerprint density at radius 1 is 1.11 bits per heavy atom. The molecule has 10 heteroatoms. The fraction of sp³-hybridized carbons (Fsp3) is 0.320. The maximum Gasteiger partial charge on any atom is 0.316 e. The number of rotatable bonds is 7. The summed E-state index contributed by atoms with van der Waals surface area (Å²) in [7, 11) is 0. The van der Waals surface area contributed by atoms with E-state index >= 15 is 0 Å². The van der Waals surface area contributed by atoms with Crippen LogP contribution in [-0.2, 0) is 14.3 Å². The molecule has 4 rings (SSSR count). The number of carbonyl (C=O) groups excluding carboxylic acids is 3. The second-order valence-electron chi connectivity index (χ2n) is 8.16. The van der Waals surface area contributed by atoms with Crippen molar-refractivity contribution in [1.82, 2.24) is 14.5 Å². The van der Waals surface area contributed by atoms with Crippen LogP contribution in [0.2, 0.25) is 0 Å². The molecule has 0 bridgehead atoms. The minimum atomic E-state index is -0.408.